The van der Waals surface area contributed by atoms with Crippen molar-refractivity contribution in [2.75, 3.05) is 5.01 Å². The summed E-state index contributed by atoms with van der Waals surface area (Å²) in [6, 6.07) is 27.6. The predicted octanol–water partition coefficient (Wildman–Crippen LogP) is 5.27. The molecule has 3 aromatic rings. The van der Waals surface area contributed by atoms with E-state index in [0.29, 0.717) is 12.0 Å². The van der Waals surface area contributed by atoms with E-state index < -0.39 is 0 Å². The maximum Gasteiger partial charge on any atom is 0.0778 e. The van der Waals surface area contributed by atoms with Crippen LogP contribution in [0.2, 0.25) is 5.02 Å². The number of benzene rings is 3. The first-order valence-electron chi connectivity index (χ1n) is 8.58. The zero-order chi connectivity index (χ0) is 16.8. The topological polar surface area (TPSA) is 15.6 Å². The molecule has 0 spiro atoms. The molecular weight excluding hydrogens is 328 g/mol. The van der Waals surface area contributed by atoms with Crippen molar-refractivity contribution in [2.45, 2.75) is 18.4 Å². The maximum atomic E-state index is 6.07. The fraction of sp³-hybridized carbons (Fsp3) is 0.136. The molecule has 5 rings (SSSR count). The van der Waals surface area contributed by atoms with Gasteiger partial charge >= 0.3 is 0 Å². The van der Waals surface area contributed by atoms with E-state index in [1.807, 2.05) is 12.1 Å². The van der Waals surface area contributed by atoms with E-state index in [-0.39, 0.29) is 0 Å². The van der Waals surface area contributed by atoms with Crippen molar-refractivity contribution < 1.29 is 0 Å². The van der Waals surface area contributed by atoms with Gasteiger partial charge in [-0.2, -0.15) is 5.10 Å². The van der Waals surface area contributed by atoms with Gasteiger partial charge in [-0.25, -0.2) is 0 Å². The largest absolute Gasteiger partial charge is 0.261 e. The molecule has 0 aromatic heterocycles. The number of halogens is 1. The van der Waals surface area contributed by atoms with Gasteiger partial charge < -0.3 is 0 Å². The maximum absolute atomic E-state index is 6.07. The highest BCUT2D eigenvalue weighted by molar-refractivity contribution is 6.30. The Morgan fingerprint density at radius 2 is 1.56 bits per heavy atom. The lowest BCUT2D eigenvalue weighted by atomic mass is 9.90. The van der Waals surface area contributed by atoms with Crippen LogP contribution in [0.25, 0.3) is 0 Å². The standard InChI is InChI=1S/C22H17ClN2/c23-17-10-12-18(13-11-17)25-20-14-16-8-4-5-9-19(16)21(20)22(24-25)15-6-2-1-3-7-15/h1-13,20-21H,14H2/t20-,21+/m0/s1. The van der Waals surface area contributed by atoms with Crippen LogP contribution in [0.1, 0.15) is 22.6 Å². The van der Waals surface area contributed by atoms with Crippen LogP contribution in [0.15, 0.2) is 84.0 Å². The van der Waals surface area contributed by atoms with Gasteiger partial charge in [0.05, 0.1) is 23.4 Å². The summed E-state index contributed by atoms with van der Waals surface area (Å²) < 4.78 is 0. The summed E-state index contributed by atoms with van der Waals surface area (Å²) >= 11 is 6.07. The molecule has 2 aliphatic rings. The number of nitrogens with zero attached hydrogens (tertiary/aromatic N) is 2. The van der Waals surface area contributed by atoms with E-state index in [0.717, 1.165) is 22.8 Å². The van der Waals surface area contributed by atoms with E-state index in [9.17, 15) is 0 Å². The summed E-state index contributed by atoms with van der Waals surface area (Å²) in [7, 11) is 0. The van der Waals surface area contributed by atoms with Gasteiger partial charge in [0.2, 0.25) is 0 Å². The normalized spacial score (nSPS) is 21.0. The number of rotatable bonds is 2. The van der Waals surface area contributed by atoms with Gasteiger partial charge in [0.1, 0.15) is 0 Å². The molecule has 25 heavy (non-hydrogen) atoms. The molecule has 0 N–H and O–H groups in total. The minimum atomic E-state index is 0.314. The van der Waals surface area contributed by atoms with E-state index >= 15 is 0 Å². The fourth-order valence-electron chi connectivity index (χ4n) is 4.07. The summed E-state index contributed by atoms with van der Waals surface area (Å²) in [5.74, 6) is 0.314. The van der Waals surface area contributed by atoms with E-state index in [1.165, 1.54) is 16.7 Å². The highest BCUT2D eigenvalue weighted by Gasteiger charge is 2.44. The van der Waals surface area contributed by atoms with Crippen molar-refractivity contribution in [1.29, 1.82) is 0 Å². The Morgan fingerprint density at radius 1 is 0.840 bits per heavy atom. The molecule has 0 amide bonds. The smallest absolute Gasteiger partial charge is 0.0778 e. The lowest BCUT2D eigenvalue weighted by Crippen LogP contribution is -2.29. The predicted molar refractivity (Wildman–Crippen MR) is 104 cm³/mol. The zero-order valence-electron chi connectivity index (χ0n) is 13.6. The molecule has 0 saturated carbocycles. The van der Waals surface area contributed by atoms with Crippen molar-refractivity contribution in [2.24, 2.45) is 5.10 Å². The Kier molecular flexibility index (Phi) is 3.39. The molecular formula is C22H17ClN2. The fourth-order valence-corrected chi connectivity index (χ4v) is 4.20. The number of fused-ring (bicyclic) bond motifs is 3. The zero-order valence-corrected chi connectivity index (χ0v) is 14.4. The minimum absolute atomic E-state index is 0.314. The quantitative estimate of drug-likeness (QED) is 0.618. The summed E-state index contributed by atoms with van der Waals surface area (Å²) in [5.41, 5.74) is 6.29. The van der Waals surface area contributed by atoms with Gasteiger partial charge in [0.15, 0.2) is 0 Å². The van der Waals surface area contributed by atoms with Gasteiger partial charge in [-0.05, 0) is 47.4 Å². The second-order valence-corrected chi connectivity index (χ2v) is 7.06. The first kappa shape index (κ1) is 14.7. The summed E-state index contributed by atoms with van der Waals surface area (Å²) in [6.07, 6.45) is 1.02. The Bertz CT molecular complexity index is 947. The third-order valence-corrected chi connectivity index (χ3v) is 5.44. The first-order valence-corrected chi connectivity index (χ1v) is 8.95. The van der Waals surface area contributed by atoms with Gasteiger partial charge in [-0.1, -0.05) is 66.2 Å². The van der Waals surface area contributed by atoms with Gasteiger partial charge in [0.25, 0.3) is 0 Å². The van der Waals surface area contributed by atoms with Crippen molar-refractivity contribution >= 4 is 23.0 Å². The molecule has 1 aliphatic carbocycles. The number of hydrogen-bond donors (Lipinski definition) is 0. The molecule has 1 heterocycles. The van der Waals surface area contributed by atoms with Gasteiger partial charge in [0, 0.05) is 5.02 Å². The average molecular weight is 345 g/mol. The number of anilines is 1. The second kappa shape index (κ2) is 5.75. The Labute approximate surface area is 152 Å². The van der Waals surface area contributed by atoms with Crippen molar-refractivity contribution in [3.05, 3.63) is 101 Å². The Hall–Kier alpha value is -2.58. The third kappa shape index (κ3) is 2.37. The lowest BCUT2D eigenvalue weighted by Gasteiger charge is -2.23. The van der Waals surface area contributed by atoms with Crippen LogP contribution in [0.5, 0.6) is 0 Å². The van der Waals surface area contributed by atoms with E-state index in [4.69, 9.17) is 16.7 Å². The summed E-state index contributed by atoms with van der Waals surface area (Å²) in [4.78, 5) is 0. The molecule has 0 saturated heterocycles. The first-order chi connectivity index (χ1) is 12.3. The molecule has 2 nitrogen and oxygen atoms in total. The van der Waals surface area contributed by atoms with Gasteiger partial charge in [-0.3, -0.25) is 5.01 Å². The van der Waals surface area contributed by atoms with Crippen molar-refractivity contribution in [3.63, 3.8) is 0 Å². The Balaban J connectivity index is 1.65. The second-order valence-electron chi connectivity index (χ2n) is 6.62. The van der Waals surface area contributed by atoms with Crippen LogP contribution in [-0.2, 0) is 6.42 Å². The molecule has 3 heteroatoms. The summed E-state index contributed by atoms with van der Waals surface area (Å²) in [6.45, 7) is 0. The van der Waals surface area contributed by atoms with Crippen molar-refractivity contribution in [1.82, 2.24) is 0 Å². The number of hydrazone groups is 1. The number of hydrogen-bond acceptors (Lipinski definition) is 2. The monoisotopic (exact) mass is 344 g/mol. The molecule has 0 fully saturated rings. The lowest BCUT2D eigenvalue weighted by molar-refractivity contribution is 0.650. The summed E-state index contributed by atoms with van der Waals surface area (Å²) in [5, 5.41) is 7.98. The van der Waals surface area contributed by atoms with Crippen LogP contribution in [-0.4, -0.2) is 11.8 Å². The van der Waals surface area contributed by atoms with Crippen LogP contribution in [0, 0.1) is 0 Å². The Morgan fingerprint density at radius 3 is 2.36 bits per heavy atom. The third-order valence-electron chi connectivity index (χ3n) is 5.19. The van der Waals surface area contributed by atoms with Crippen LogP contribution in [0.3, 0.4) is 0 Å². The molecule has 0 bridgehead atoms. The SMILES string of the molecule is Clc1ccc(N2N=C(c3ccccc3)[C@@H]3c4ccccc4C[C@@H]32)cc1. The molecule has 122 valence electrons. The van der Waals surface area contributed by atoms with Crippen LogP contribution < -0.4 is 5.01 Å². The average Bonchev–Trinajstić information content (AvgIpc) is 3.21. The molecule has 0 radical (unpaired) electrons. The van der Waals surface area contributed by atoms with E-state index in [2.05, 4.69) is 71.7 Å². The molecule has 3 aromatic carbocycles. The molecule has 1 aliphatic heterocycles. The van der Waals surface area contributed by atoms with Crippen LogP contribution >= 0.6 is 11.6 Å². The van der Waals surface area contributed by atoms with Gasteiger partial charge in [-0.15, -0.1) is 0 Å². The molecule has 0 unspecified atom stereocenters. The molecule has 2 atom stereocenters. The highest BCUT2D eigenvalue weighted by Crippen LogP contribution is 2.44. The van der Waals surface area contributed by atoms with E-state index in [1.54, 1.807) is 0 Å². The minimum Gasteiger partial charge on any atom is -0.261 e. The highest BCUT2D eigenvalue weighted by atomic mass is 35.5. The van der Waals surface area contributed by atoms with Crippen LogP contribution in [0.4, 0.5) is 5.69 Å². The van der Waals surface area contributed by atoms with Crippen molar-refractivity contribution in [3.8, 4) is 0 Å².